The summed E-state index contributed by atoms with van der Waals surface area (Å²) in [6.07, 6.45) is 0.908. The Kier molecular flexibility index (Phi) is 4.59. The zero-order valence-electron chi connectivity index (χ0n) is 9.06. The average molecular weight is 209 g/mol. The van der Waals surface area contributed by atoms with Gasteiger partial charge in [0.2, 0.25) is 0 Å². The van der Waals surface area contributed by atoms with Crippen LogP contribution in [-0.2, 0) is 0 Å². The van der Waals surface area contributed by atoms with Gasteiger partial charge in [-0.1, -0.05) is 19.1 Å². The van der Waals surface area contributed by atoms with E-state index in [4.69, 9.17) is 10.8 Å². The molecule has 1 aromatic rings. The first-order valence-electron chi connectivity index (χ1n) is 5.31. The summed E-state index contributed by atoms with van der Waals surface area (Å²) in [6.45, 7) is 1.90. The molecule has 0 bridgehead atoms. The molecule has 0 amide bonds. The molecule has 84 valence electrons. The van der Waals surface area contributed by atoms with Crippen molar-refractivity contribution in [1.82, 2.24) is 0 Å². The maximum Gasteiger partial charge on any atom is 0.0776 e. The lowest BCUT2D eigenvalue weighted by atomic mass is 9.91. The van der Waals surface area contributed by atoms with Gasteiger partial charge in [-0.15, -0.1) is 0 Å². The minimum atomic E-state index is -0.632. The van der Waals surface area contributed by atoms with Crippen molar-refractivity contribution in [2.45, 2.75) is 31.8 Å². The molecule has 2 unspecified atom stereocenters. The summed E-state index contributed by atoms with van der Waals surface area (Å²) in [5.41, 5.74) is 7.52. The van der Waals surface area contributed by atoms with Crippen LogP contribution in [0, 0.1) is 0 Å². The second-order valence-corrected chi connectivity index (χ2v) is 3.84. The van der Waals surface area contributed by atoms with Gasteiger partial charge in [-0.25, -0.2) is 0 Å². The monoisotopic (exact) mass is 209 g/mol. The van der Waals surface area contributed by atoms with Crippen LogP contribution in [0.3, 0.4) is 0 Å². The molecule has 1 rings (SSSR count). The normalized spacial score (nSPS) is 14.9. The Morgan fingerprint density at radius 2 is 1.87 bits per heavy atom. The van der Waals surface area contributed by atoms with Gasteiger partial charge in [-0.2, -0.15) is 0 Å². The molecule has 0 fully saturated rings. The Balaban J connectivity index is 2.69. The molecule has 3 nitrogen and oxygen atoms in total. The van der Waals surface area contributed by atoms with Crippen LogP contribution in [-0.4, -0.2) is 22.9 Å². The Morgan fingerprint density at radius 3 is 2.33 bits per heavy atom. The number of aliphatic hydroxyl groups is 2. The van der Waals surface area contributed by atoms with Gasteiger partial charge >= 0.3 is 0 Å². The van der Waals surface area contributed by atoms with E-state index in [1.807, 2.05) is 24.3 Å². The lowest BCUT2D eigenvalue weighted by Crippen LogP contribution is -2.16. The first-order chi connectivity index (χ1) is 7.17. The molecule has 2 atom stereocenters. The molecule has 0 spiro atoms. The number of nitrogens with two attached hydrogens (primary N) is 1. The van der Waals surface area contributed by atoms with Gasteiger partial charge in [0.1, 0.15) is 0 Å². The van der Waals surface area contributed by atoms with E-state index in [0.29, 0.717) is 6.42 Å². The first-order valence-corrected chi connectivity index (χ1v) is 5.31. The van der Waals surface area contributed by atoms with Crippen molar-refractivity contribution in [2.24, 2.45) is 0 Å². The van der Waals surface area contributed by atoms with Crippen LogP contribution in [0.1, 0.15) is 31.2 Å². The van der Waals surface area contributed by atoms with Crippen LogP contribution in [0.2, 0.25) is 0 Å². The van der Waals surface area contributed by atoms with Crippen molar-refractivity contribution < 1.29 is 10.2 Å². The van der Waals surface area contributed by atoms with E-state index in [1.165, 1.54) is 5.56 Å². The second-order valence-electron chi connectivity index (χ2n) is 3.84. The smallest absolute Gasteiger partial charge is 0.0776 e. The van der Waals surface area contributed by atoms with Gasteiger partial charge < -0.3 is 15.9 Å². The molecule has 0 aliphatic heterocycles. The maximum atomic E-state index is 9.40. The standard InChI is InChI=1S/C12H19NO2/c1-2-9(7-12(15)8-14)10-3-5-11(13)6-4-10/h3-6,9,12,14-15H,2,7-8,13H2,1H3. The van der Waals surface area contributed by atoms with Gasteiger partial charge in [-0.3, -0.25) is 0 Å². The lowest BCUT2D eigenvalue weighted by molar-refractivity contribution is 0.0817. The van der Waals surface area contributed by atoms with Gasteiger partial charge in [-0.05, 0) is 36.5 Å². The molecule has 0 radical (unpaired) electrons. The predicted octanol–water partition coefficient (Wildman–Crippen LogP) is 1.51. The third-order valence-electron chi connectivity index (χ3n) is 2.67. The summed E-state index contributed by atoms with van der Waals surface area (Å²) in [5.74, 6) is 0.285. The van der Waals surface area contributed by atoms with Crippen LogP contribution in [0.4, 0.5) is 5.69 Å². The van der Waals surface area contributed by atoms with Crippen LogP contribution < -0.4 is 5.73 Å². The number of nitrogen functional groups attached to an aromatic ring is 1. The zero-order chi connectivity index (χ0) is 11.3. The fraction of sp³-hybridized carbons (Fsp3) is 0.500. The lowest BCUT2D eigenvalue weighted by Gasteiger charge is -2.18. The van der Waals surface area contributed by atoms with E-state index in [-0.39, 0.29) is 12.5 Å². The van der Waals surface area contributed by atoms with E-state index in [0.717, 1.165) is 12.1 Å². The molecular formula is C12H19NO2. The van der Waals surface area contributed by atoms with E-state index < -0.39 is 6.10 Å². The summed E-state index contributed by atoms with van der Waals surface area (Å²) in [5, 5.41) is 18.2. The average Bonchev–Trinajstić information content (AvgIpc) is 2.27. The first kappa shape index (κ1) is 12.0. The van der Waals surface area contributed by atoms with Crippen LogP contribution in [0.25, 0.3) is 0 Å². The van der Waals surface area contributed by atoms with Crippen molar-refractivity contribution in [3.05, 3.63) is 29.8 Å². The summed E-state index contributed by atoms with van der Waals surface area (Å²) < 4.78 is 0. The number of hydrogen-bond donors (Lipinski definition) is 3. The highest BCUT2D eigenvalue weighted by Gasteiger charge is 2.13. The summed E-state index contributed by atoms with van der Waals surface area (Å²) in [7, 11) is 0. The highest BCUT2D eigenvalue weighted by molar-refractivity contribution is 5.40. The SMILES string of the molecule is CCC(CC(O)CO)c1ccc(N)cc1. The fourth-order valence-electron chi connectivity index (χ4n) is 1.71. The number of rotatable bonds is 5. The van der Waals surface area contributed by atoms with E-state index in [1.54, 1.807) is 0 Å². The van der Waals surface area contributed by atoms with Gasteiger partial charge in [0, 0.05) is 5.69 Å². The zero-order valence-corrected chi connectivity index (χ0v) is 9.06. The Morgan fingerprint density at radius 1 is 1.27 bits per heavy atom. The molecule has 0 aliphatic rings. The number of aliphatic hydroxyl groups excluding tert-OH is 2. The Hall–Kier alpha value is -1.06. The molecule has 0 aliphatic carbocycles. The maximum absolute atomic E-state index is 9.40. The molecule has 0 saturated heterocycles. The quantitative estimate of drug-likeness (QED) is 0.644. The number of benzene rings is 1. The number of anilines is 1. The fourth-order valence-corrected chi connectivity index (χ4v) is 1.71. The summed E-state index contributed by atoms with van der Waals surface area (Å²) in [4.78, 5) is 0. The van der Waals surface area contributed by atoms with Gasteiger partial charge in [0.25, 0.3) is 0 Å². The predicted molar refractivity (Wildman–Crippen MR) is 61.6 cm³/mol. The second kappa shape index (κ2) is 5.73. The third-order valence-corrected chi connectivity index (χ3v) is 2.67. The minimum Gasteiger partial charge on any atom is -0.399 e. The van der Waals surface area contributed by atoms with E-state index in [9.17, 15) is 5.11 Å². The van der Waals surface area contributed by atoms with E-state index in [2.05, 4.69) is 6.92 Å². The minimum absolute atomic E-state index is 0.175. The Bertz CT molecular complexity index is 284. The van der Waals surface area contributed by atoms with Gasteiger partial charge in [0.15, 0.2) is 0 Å². The van der Waals surface area contributed by atoms with Crippen LogP contribution in [0.5, 0.6) is 0 Å². The van der Waals surface area contributed by atoms with Crippen LogP contribution >= 0.6 is 0 Å². The van der Waals surface area contributed by atoms with Crippen molar-refractivity contribution in [3.63, 3.8) is 0 Å². The van der Waals surface area contributed by atoms with Crippen LogP contribution in [0.15, 0.2) is 24.3 Å². The molecule has 0 aromatic heterocycles. The highest BCUT2D eigenvalue weighted by atomic mass is 16.3. The Labute approximate surface area is 90.5 Å². The molecule has 3 heteroatoms. The van der Waals surface area contributed by atoms with Crippen molar-refractivity contribution >= 4 is 5.69 Å². The summed E-state index contributed by atoms with van der Waals surface area (Å²) in [6, 6.07) is 7.69. The number of hydrogen-bond acceptors (Lipinski definition) is 3. The van der Waals surface area contributed by atoms with E-state index >= 15 is 0 Å². The van der Waals surface area contributed by atoms with Gasteiger partial charge in [0.05, 0.1) is 12.7 Å². The third kappa shape index (κ3) is 3.53. The summed E-state index contributed by atoms with van der Waals surface area (Å²) >= 11 is 0. The molecule has 4 N–H and O–H groups in total. The molecule has 0 saturated carbocycles. The molecular weight excluding hydrogens is 190 g/mol. The van der Waals surface area contributed by atoms with Crippen molar-refractivity contribution in [1.29, 1.82) is 0 Å². The van der Waals surface area contributed by atoms with Crippen molar-refractivity contribution in [2.75, 3.05) is 12.3 Å². The largest absolute Gasteiger partial charge is 0.399 e. The molecule has 15 heavy (non-hydrogen) atoms. The molecule has 0 heterocycles. The van der Waals surface area contributed by atoms with Crippen molar-refractivity contribution in [3.8, 4) is 0 Å². The highest BCUT2D eigenvalue weighted by Crippen LogP contribution is 2.25. The molecule has 1 aromatic carbocycles. The topological polar surface area (TPSA) is 66.5 Å².